The van der Waals surface area contributed by atoms with Gasteiger partial charge in [0.1, 0.15) is 11.6 Å². The number of thiazole rings is 1. The Balaban J connectivity index is 0.666. The van der Waals surface area contributed by atoms with E-state index in [1.807, 2.05) is 85.4 Å². The summed E-state index contributed by atoms with van der Waals surface area (Å²) in [5, 5.41) is 22.3. The van der Waals surface area contributed by atoms with Gasteiger partial charge in [0.05, 0.1) is 33.4 Å². The molecule has 0 radical (unpaired) electrons. The van der Waals surface area contributed by atoms with Crippen LogP contribution in [0, 0.1) is 12.8 Å². The lowest BCUT2D eigenvalue weighted by atomic mass is 9.84. The smallest absolute Gasteiger partial charge is 0.355 e. The van der Waals surface area contributed by atoms with Gasteiger partial charge in [0.2, 0.25) is 11.8 Å². The van der Waals surface area contributed by atoms with Crippen LogP contribution in [0.1, 0.15) is 131 Å². The highest BCUT2D eigenvalue weighted by Crippen LogP contribution is 2.39. The van der Waals surface area contributed by atoms with Crippen molar-refractivity contribution in [2.75, 3.05) is 36.4 Å². The molecule has 11 rings (SSSR count). The van der Waals surface area contributed by atoms with Crippen molar-refractivity contribution in [2.24, 2.45) is 13.0 Å². The number of carbonyl (C=O) groups excluding carboxylic acids is 3. The molecule has 2 saturated heterocycles. The van der Waals surface area contributed by atoms with Gasteiger partial charge in [0, 0.05) is 49.6 Å². The molecule has 4 aromatic carbocycles. The fourth-order valence-corrected chi connectivity index (χ4v) is 12.8. The van der Waals surface area contributed by atoms with Crippen molar-refractivity contribution in [1.29, 1.82) is 0 Å². The van der Waals surface area contributed by atoms with Gasteiger partial charge in [0.15, 0.2) is 10.8 Å². The van der Waals surface area contributed by atoms with Crippen LogP contribution in [0.25, 0.3) is 32.2 Å². The maximum Gasteiger partial charge on any atom is 0.355 e. The zero-order chi connectivity index (χ0) is 50.2. The molecule has 7 aromatic rings. The Bertz CT molecular complexity index is 3220. The van der Waals surface area contributed by atoms with Crippen LogP contribution in [-0.4, -0.2) is 85.7 Å². The number of likely N-dealkylation sites (tertiary alicyclic amines) is 1. The van der Waals surface area contributed by atoms with Gasteiger partial charge in [-0.3, -0.25) is 29.7 Å². The van der Waals surface area contributed by atoms with Crippen LogP contribution in [0.2, 0.25) is 0 Å². The third-order valence-electron chi connectivity index (χ3n) is 15.9. The number of nitrogens with one attached hydrogen (secondary N) is 2. The Kier molecular flexibility index (Phi) is 13.8. The number of amides is 3. The van der Waals surface area contributed by atoms with E-state index < -0.39 is 11.9 Å². The highest BCUT2D eigenvalue weighted by atomic mass is 32.1. The van der Waals surface area contributed by atoms with Crippen LogP contribution in [0.15, 0.2) is 91.0 Å². The van der Waals surface area contributed by atoms with Gasteiger partial charge >= 0.3 is 5.97 Å². The lowest BCUT2D eigenvalue weighted by Gasteiger charge is -2.33. The number of carboxylic acids is 1. The molecule has 3 amide bonds. The molecular formula is C58H62N8O6S. The first-order valence-corrected chi connectivity index (χ1v) is 26.9. The molecule has 2 atom stereocenters. The predicted octanol–water partition coefficient (Wildman–Crippen LogP) is 10.6. The monoisotopic (exact) mass is 998 g/mol. The van der Waals surface area contributed by atoms with Crippen molar-refractivity contribution < 1.29 is 29.0 Å². The number of aromatic carboxylic acids is 1. The largest absolute Gasteiger partial charge is 0.490 e. The topological polar surface area (TPSA) is 172 Å². The minimum Gasteiger partial charge on any atom is -0.490 e. The van der Waals surface area contributed by atoms with Gasteiger partial charge in [-0.2, -0.15) is 5.10 Å². The molecule has 3 aliphatic heterocycles. The number of rotatable bonds is 14. The van der Waals surface area contributed by atoms with E-state index in [0.29, 0.717) is 66.3 Å². The normalized spacial score (nSPS) is 20.5. The molecule has 15 heteroatoms. The maximum absolute atomic E-state index is 13.7. The molecule has 6 heterocycles. The Labute approximate surface area is 429 Å². The van der Waals surface area contributed by atoms with Crippen LogP contribution >= 0.6 is 11.3 Å². The van der Waals surface area contributed by atoms with Crippen LogP contribution in [-0.2, 0) is 29.6 Å². The van der Waals surface area contributed by atoms with Gasteiger partial charge in [-0.15, -0.1) is 0 Å². The minimum atomic E-state index is -1.10. The molecular weight excluding hydrogens is 937 g/mol. The first-order valence-electron chi connectivity index (χ1n) is 26.1. The Morgan fingerprint density at radius 3 is 2.56 bits per heavy atom. The Morgan fingerprint density at radius 2 is 1.73 bits per heavy atom. The number of ether oxygens (including phenoxy) is 1. The van der Waals surface area contributed by atoms with Crippen LogP contribution < -0.4 is 20.3 Å². The highest BCUT2D eigenvalue weighted by molar-refractivity contribution is 7.22. The summed E-state index contributed by atoms with van der Waals surface area (Å²) in [5.74, 6) is 0.305. The van der Waals surface area contributed by atoms with Gasteiger partial charge in [-0.05, 0) is 160 Å². The Morgan fingerprint density at radius 1 is 0.877 bits per heavy atom. The van der Waals surface area contributed by atoms with E-state index in [2.05, 4.69) is 49.7 Å². The van der Waals surface area contributed by atoms with E-state index in [0.717, 1.165) is 107 Å². The van der Waals surface area contributed by atoms with E-state index in [-0.39, 0.29) is 29.5 Å². The van der Waals surface area contributed by atoms with Crippen LogP contribution in [0.4, 0.5) is 10.9 Å². The fraction of sp³-hybridized carbons (Fsp3) is 0.397. The number of carbonyl (C=O) groups is 4. The number of fused-ring (bicyclic) bond motifs is 3. The zero-order valence-electron chi connectivity index (χ0n) is 41.6. The van der Waals surface area contributed by atoms with Crippen molar-refractivity contribution >= 4 is 67.1 Å². The van der Waals surface area contributed by atoms with Crippen molar-refractivity contribution in [3.05, 3.63) is 130 Å². The molecule has 14 nitrogen and oxygen atoms in total. The number of nitrogens with zero attached hydrogens (tertiary/aromatic N) is 6. The van der Waals surface area contributed by atoms with E-state index in [1.165, 1.54) is 42.6 Å². The van der Waals surface area contributed by atoms with E-state index in [1.54, 1.807) is 0 Å². The second kappa shape index (κ2) is 20.9. The molecule has 1 aliphatic carbocycles. The molecule has 3 N–H and O–H groups in total. The summed E-state index contributed by atoms with van der Waals surface area (Å²) in [5.41, 5.74) is 8.74. The number of hydrogen-bond donors (Lipinski definition) is 3. The van der Waals surface area contributed by atoms with Crippen LogP contribution in [0.5, 0.6) is 5.75 Å². The number of imide groups is 1. The number of unbranched alkanes of at least 4 members (excludes halogenated alkanes) is 1. The third kappa shape index (κ3) is 10.2. The molecule has 376 valence electrons. The van der Waals surface area contributed by atoms with Crippen molar-refractivity contribution in [3.63, 3.8) is 0 Å². The van der Waals surface area contributed by atoms with Crippen LogP contribution in [0.3, 0.4) is 0 Å². The second-order valence-electron chi connectivity index (χ2n) is 20.5. The first-order chi connectivity index (χ1) is 35.5. The Hall–Kier alpha value is -6.97. The van der Waals surface area contributed by atoms with Gasteiger partial charge in [-0.1, -0.05) is 72.7 Å². The van der Waals surface area contributed by atoms with E-state index in [9.17, 15) is 24.3 Å². The summed E-state index contributed by atoms with van der Waals surface area (Å²) in [7, 11) is 1.94. The number of piperidine rings is 2. The number of benzene rings is 4. The van der Waals surface area contributed by atoms with Gasteiger partial charge in [-0.25, -0.2) is 14.8 Å². The van der Waals surface area contributed by atoms with E-state index >= 15 is 0 Å². The lowest BCUT2D eigenvalue weighted by Crippen LogP contribution is -2.39. The van der Waals surface area contributed by atoms with Gasteiger partial charge < -0.3 is 19.6 Å². The SMILES string of the molecule is Cc1c(O[C@H]2CC[C@H](CCCCN3CCC[C@H](c4ccc5c(C6CCC(=O)NC6=O)nn(C)c5c4)C3)CC2)cccc1-c1ccc(N2CCc3cccc(C(=O)Nc4nc5ccccc5s4)c3C2)nc1C(=O)O. The summed E-state index contributed by atoms with van der Waals surface area (Å²) in [4.78, 5) is 65.0. The average Bonchev–Trinajstić information content (AvgIpc) is 3.97. The zero-order valence-corrected chi connectivity index (χ0v) is 42.4. The number of carboxylic acid groups (broad SMARTS) is 1. The number of para-hydroxylation sites is 1. The standard InChI is InChI=1S/C58H62N8O6S/c1-35-41(42-24-26-51(60-54(42)57(70)71)66-31-28-37-11-7-14-43(46(37)34-66)55(68)62-58-59-47-15-3-4-17-50(47)73-58)13-8-16-49(35)72-40-21-18-36(19-22-40)10-5-6-29-65-30-9-12-39(33-65)38-20-23-44-48(32-38)64(2)63-53(44)45-25-27-52(67)61-56(45)69/h3-4,7-8,11,13-17,20,23-24,26,32,36,39-40,45H,5-6,9-10,12,18-19,21-22,25,27-31,33-34H2,1-2H3,(H,70,71)(H,59,62,68)(H,61,67,69)/t36-,39-,40-,45?/m0/s1. The quantitative estimate of drug-likeness (QED) is 0.0699. The fourth-order valence-electron chi connectivity index (χ4n) is 11.9. The highest BCUT2D eigenvalue weighted by Gasteiger charge is 2.33. The van der Waals surface area contributed by atoms with Crippen molar-refractivity contribution in [1.82, 2.24) is 30.0 Å². The lowest BCUT2D eigenvalue weighted by molar-refractivity contribution is -0.134. The van der Waals surface area contributed by atoms with Crippen molar-refractivity contribution in [3.8, 4) is 16.9 Å². The molecule has 3 aromatic heterocycles. The van der Waals surface area contributed by atoms with Gasteiger partial charge in [0.25, 0.3) is 5.91 Å². The van der Waals surface area contributed by atoms with E-state index in [4.69, 9.17) is 14.8 Å². The molecule has 3 fully saturated rings. The number of anilines is 2. The molecule has 0 bridgehead atoms. The predicted molar refractivity (Wildman–Crippen MR) is 285 cm³/mol. The number of aryl methyl sites for hydroxylation is 1. The molecule has 1 saturated carbocycles. The number of pyridine rings is 1. The molecule has 1 unspecified atom stereocenters. The summed E-state index contributed by atoms with van der Waals surface area (Å²) >= 11 is 1.44. The third-order valence-corrected chi connectivity index (χ3v) is 16.8. The number of hydrogen-bond acceptors (Lipinski definition) is 11. The van der Waals surface area contributed by atoms with Crippen molar-refractivity contribution in [2.45, 2.75) is 108 Å². The summed E-state index contributed by atoms with van der Waals surface area (Å²) in [6.45, 7) is 6.36. The first kappa shape index (κ1) is 48.3. The summed E-state index contributed by atoms with van der Waals surface area (Å²) < 4.78 is 9.59. The minimum absolute atomic E-state index is 0.0166. The summed E-state index contributed by atoms with van der Waals surface area (Å²) in [6.07, 6.45) is 11.9. The maximum atomic E-state index is 13.7. The summed E-state index contributed by atoms with van der Waals surface area (Å²) in [6, 6.07) is 29.8. The molecule has 0 spiro atoms. The number of aromatic nitrogens is 4. The molecule has 73 heavy (non-hydrogen) atoms. The second-order valence-corrected chi connectivity index (χ2v) is 21.6. The average molecular weight is 999 g/mol. The molecule has 4 aliphatic rings.